The Labute approximate surface area is 173 Å². The van der Waals surface area contributed by atoms with Gasteiger partial charge in [0.05, 0.1) is 23.0 Å². The second kappa shape index (κ2) is 9.85. The summed E-state index contributed by atoms with van der Waals surface area (Å²) in [5.74, 6) is 0.628. The molecule has 0 saturated carbocycles. The summed E-state index contributed by atoms with van der Waals surface area (Å²) in [6.45, 7) is 2.20. The number of hydrogen-bond acceptors (Lipinski definition) is 6. The van der Waals surface area contributed by atoms with E-state index in [2.05, 4.69) is 15.3 Å². The fraction of sp³-hybridized carbons (Fsp3) is 0.278. The van der Waals surface area contributed by atoms with Gasteiger partial charge in [0, 0.05) is 32.0 Å². The van der Waals surface area contributed by atoms with E-state index in [4.69, 9.17) is 4.42 Å². The molecule has 1 saturated heterocycles. The highest BCUT2D eigenvalue weighted by atomic mass is 35.5. The van der Waals surface area contributed by atoms with Crippen molar-refractivity contribution in [3.63, 3.8) is 0 Å². The maximum Gasteiger partial charge on any atom is 0.236 e. The van der Waals surface area contributed by atoms with Crippen LogP contribution in [0.15, 0.2) is 52.7 Å². The number of piperazine rings is 1. The number of hydrogen-bond donors (Lipinski definition) is 1. The van der Waals surface area contributed by atoms with Crippen LogP contribution < -0.4 is 5.32 Å². The van der Waals surface area contributed by atoms with E-state index in [0.29, 0.717) is 18.1 Å². The van der Waals surface area contributed by atoms with Crippen molar-refractivity contribution in [2.24, 2.45) is 0 Å². The van der Waals surface area contributed by atoms with Crippen molar-refractivity contribution < 1.29 is 9.21 Å². The minimum absolute atomic E-state index is 0. The summed E-state index contributed by atoms with van der Waals surface area (Å²) < 4.78 is 5.51. The van der Waals surface area contributed by atoms with E-state index < -0.39 is 0 Å². The molecule has 1 N–H and O–H groups in total. The maximum atomic E-state index is 12.8. The standard InChI is InChI=1S/C18H18N4O2S.2ClH/c23-17(9-14-12-24-18(21-14)16-4-2-8-25-16)22-7-6-20-11-15(22)13-3-1-5-19-10-13;;/h1-5,8,10,12,15,20H,6-7,9,11H2;2*1H. The zero-order chi connectivity index (χ0) is 17.1. The van der Waals surface area contributed by atoms with Gasteiger partial charge in [-0.05, 0) is 23.1 Å². The molecule has 1 aliphatic heterocycles. The van der Waals surface area contributed by atoms with Crippen LogP contribution in [0, 0.1) is 0 Å². The van der Waals surface area contributed by atoms with Gasteiger partial charge in [0.15, 0.2) is 0 Å². The van der Waals surface area contributed by atoms with Gasteiger partial charge in [0.25, 0.3) is 0 Å². The zero-order valence-electron chi connectivity index (χ0n) is 14.4. The first kappa shape index (κ1) is 21.4. The molecule has 1 fully saturated rings. The van der Waals surface area contributed by atoms with Crippen LogP contribution in [0.3, 0.4) is 0 Å². The highest BCUT2D eigenvalue weighted by molar-refractivity contribution is 7.13. The van der Waals surface area contributed by atoms with E-state index in [1.165, 1.54) is 0 Å². The number of oxazole rings is 1. The second-order valence-corrected chi connectivity index (χ2v) is 6.84. The monoisotopic (exact) mass is 426 g/mol. The number of halogens is 2. The molecule has 1 amide bonds. The lowest BCUT2D eigenvalue weighted by Crippen LogP contribution is -2.49. The van der Waals surface area contributed by atoms with Gasteiger partial charge in [0.1, 0.15) is 6.26 Å². The molecular weight excluding hydrogens is 407 g/mol. The Hall–Kier alpha value is -1.93. The van der Waals surface area contributed by atoms with E-state index >= 15 is 0 Å². The number of carbonyl (C=O) groups is 1. The normalized spacial score (nSPS) is 16.3. The minimum atomic E-state index is -0.00128. The highest BCUT2D eigenvalue weighted by Gasteiger charge is 2.28. The Kier molecular flexibility index (Phi) is 7.79. The van der Waals surface area contributed by atoms with Gasteiger partial charge >= 0.3 is 0 Å². The SMILES string of the molecule is Cl.Cl.O=C(Cc1coc(-c2cccs2)n1)N1CCNCC1c1cccnc1. The molecular formula is C18H20Cl2N4O2S. The number of carbonyl (C=O) groups excluding carboxylic acids is 1. The Morgan fingerprint density at radius 1 is 1.33 bits per heavy atom. The van der Waals surface area contributed by atoms with Gasteiger partial charge < -0.3 is 14.6 Å². The summed E-state index contributed by atoms with van der Waals surface area (Å²) in [7, 11) is 0. The zero-order valence-corrected chi connectivity index (χ0v) is 16.9. The molecule has 0 bridgehead atoms. The van der Waals surface area contributed by atoms with Gasteiger partial charge in [-0.25, -0.2) is 4.98 Å². The molecule has 0 spiro atoms. The Balaban J connectivity index is 0.00000131. The number of amides is 1. The van der Waals surface area contributed by atoms with E-state index in [9.17, 15) is 4.79 Å². The third-order valence-corrected chi connectivity index (χ3v) is 5.11. The van der Waals surface area contributed by atoms with Gasteiger partial charge in [-0.1, -0.05) is 12.1 Å². The van der Waals surface area contributed by atoms with E-state index in [-0.39, 0.29) is 43.2 Å². The molecule has 4 rings (SSSR count). The predicted molar refractivity (Wildman–Crippen MR) is 110 cm³/mol. The van der Waals surface area contributed by atoms with Crippen LogP contribution in [0.25, 0.3) is 10.8 Å². The van der Waals surface area contributed by atoms with Crippen LogP contribution in [0.1, 0.15) is 17.3 Å². The summed E-state index contributed by atoms with van der Waals surface area (Å²) in [5, 5.41) is 5.33. The van der Waals surface area contributed by atoms with Crippen LogP contribution in [0.4, 0.5) is 0 Å². The number of rotatable bonds is 4. The fourth-order valence-electron chi connectivity index (χ4n) is 3.03. The number of nitrogens with one attached hydrogen (secondary N) is 1. The summed E-state index contributed by atoms with van der Waals surface area (Å²) in [6, 6.07) is 7.82. The molecule has 0 aromatic carbocycles. The highest BCUT2D eigenvalue weighted by Crippen LogP contribution is 2.25. The molecule has 27 heavy (non-hydrogen) atoms. The molecule has 4 heterocycles. The van der Waals surface area contributed by atoms with Crippen molar-refractivity contribution >= 4 is 42.1 Å². The van der Waals surface area contributed by atoms with Crippen molar-refractivity contribution in [3.05, 3.63) is 59.6 Å². The topological polar surface area (TPSA) is 71.3 Å². The molecule has 1 unspecified atom stereocenters. The van der Waals surface area contributed by atoms with Crippen molar-refractivity contribution in [1.29, 1.82) is 0 Å². The fourth-order valence-corrected chi connectivity index (χ4v) is 3.69. The van der Waals surface area contributed by atoms with E-state index in [1.54, 1.807) is 23.8 Å². The van der Waals surface area contributed by atoms with Gasteiger partial charge in [-0.15, -0.1) is 36.2 Å². The third kappa shape index (κ3) is 4.87. The molecule has 1 aliphatic rings. The summed E-state index contributed by atoms with van der Waals surface area (Å²) in [4.78, 5) is 24.4. The summed E-state index contributed by atoms with van der Waals surface area (Å²) in [6.07, 6.45) is 5.39. The molecule has 0 radical (unpaired) electrons. The molecule has 0 aliphatic carbocycles. The molecule has 6 nitrogen and oxygen atoms in total. The summed E-state index contributed by atoms with van der Waals surface area (Å²) >= 11 is 1.57. The van der Waals surface area contributed by atoms with E-state index in [0.717, 1.165) is 23.5 Å². The average molecular weight is 427 g/mol. The average Bonchev–Trinajstić information content (AvgIpc) is 3.34. The van der Waals surface area contributed by atoms with Gasteiger partial charge in [-0.3, -0.25) is 9.78 Å². The molecule has 1 atom stereocenters. The molecule has 144 valence electrons. The Morgan fingerprint density at radius 2 is 2.22 bits per heavy atom. The third-order valence-electron chi connectivity index (χ3n) is 4.25. The summed E-state index contributed by atoms with van der Waals surface area (Å²) in [5.41, 5.74) is 1.71. The smallest absolute Gasteiger partial charge is 0.236 e. The van der Waals surface area contributed by atoms with Crippen molar-refractivity contribution in [3.8, 4) is 10.8 Å². The van der Waals surface area contributed by atoms with Crippen LogP contribution in [0.5, 0.6) is 0 Å². The Bertz CT molecular complexity index is 842. The van der Waals surface area contributed by atoms with Crippen LogP contribution in [-0.2, 0) is 11.2 Å². The van der Waals surface area contributed by atoms with Crippen LogP contribution in [0.2, 0.25) is 0 Å². The molecule has 3 aromatic rings. The largest absolute Gasteiger partial charge is 0.444 e. The lowest BCUT2D eigenvalue weighted by atomic mass is 10.0. The van der Waals surface area contributed by atoms with Crippen LogP contribution >= 0.6 is 36.2 Å². The molecule has 3 aromatic heterocycles. The Morgan fingerprint density at radius 3 is 2.96 bits per heavy atom. The molecule has 9 heteroatoms. The number of pyridine rings is 1. The predicted octanol–water partition coefficient (Wildman–Crippen LogP) is 3.36. The number of thiophene rings is 1. The van der Waals surface area contributed by atoms with Crippen molar-refractivity contribution in [1.82, 2.24) is 20.2 Å². The lowest BCUT2D eigenvalue weighted by Gasteiger charge is -2.36. The number of nitrogens with zero attached hydrogens (tertiary/aromatic N) is 3. The second-order valence-electron chi connectivity index (χ2n) is 5.89. The van der Waals surface area contributed by atoms with Crippen molar-refractivity contribution in [2.75, 3.05) is 19.6 Å². The quantitative estimate of drug-likeness (QED) is 0.692. The van der Waals surface area contributed by atoms with Gasteiger partial charge in [-0.2, -0.15) is 0 Å². The lowest BCUT2D eigenvalue weighted by molar-refractivity contribution is -0.133. The van der Waals surface area contributed by atoms with Crippen molar-refractivity contribution in [2.45, 2.75) is 12.5 Å². The first-order valence-corrected chi connectivity index (χ1v) is 9.07. The first-order chi connectivity index (χ1) is 12.3. The van der Waals surface area contributed by atoms with Gasteiger partial charge in [0.2, 0.25) is 11.8 Å². The first-order valence-electron chi connectivity index (χ1n) is 8.19. The maximum absolute atomic E-state index is 12.8. The van der Waals surface area contributed by atoms with E-state index in [1.807, 2.05) is 40.7 Å². The number of aromatic nitrogens is 2. The van der Waals surface area contributed by atoms with Crippen LogP contribution in [-0.4, -0.2) is 40.4 Å². The minimum Gasteiger partial charge on any atom is -0.444 e.